The summed E-state index contributed by atoms with van der Waals surface area (Å²) in [5.41, 5.74) is 5.17. The Morgan fingerprint density at radius 3 is 1.32 bits per heavy atom. The molecule has 448 valence electrons. The number of aldehydes is 1. The van der Waals surface area contributed by atoms with Gasteiger partial charge in [0.2, 0.25) is 0 Å². The highest BCUT2D eigenvalue weighted by Crippen LogP contribution is 2.48. The third-order valence-corrected chi connectivity index (χ3v) is 16.6. The van der Waals surface area contributed by atoms with Crippen LogP contribution in [-0.2, 0) is 45.2 Å². The van der Waals surface area contributed by atoms with Crippen LogP contribution < -0.4 is 15.9 Å². The molecule has 0 aliphatic heterocycles. The first-order chi connectivity index (χ1) is 41.1. The summed E-state index contributed by atoms with van der Waals surface area (Å²) in [4.78, 5) is 58.4. The first-order valence-corrected chi connectivity index (χ1v) is 29.0. The molecule has 13 heteroatoms. The molecule has 88 heavy (non-hydrogen) atoms. The van der Waals surface area contributed by atoms with Gasteiger partial charge in [0.25, 0.3) is 11.1 Å². The van der Waals surface area contributed by atoms with E-state index in [-0.39, 0.29) is 77.8 Å². The van der Waals surface area contributed by atoms with Crippen LogP contribution in [0.3, 0.4) is 0 Å². The molecule has 0 atom stereocenters. The fourth-order valence-electron chi connectivity index (χ4n) is 11.6. The zero-order valence-electron chi connectivity index (χ0n) is 51.0. The molecular formula is C75H65F6NO6. The van der Waals surface area contributed by atoms with Gasteiger partial charge in [-0.25, -0.2) is 4.57 Å². The van der Waals surface area contributed by atoms with Crippen molar-refractivity contribution >= 4 is 55.7 Å². The number of pyridine rings is 1. The Bertz CT molecular complexity index is 4540. The number of hydrogen-bond acceptors (Lipinski definition) is 6. The second-order valence-corrected chi connectivity index (χ2v) is 27.1. The van der Waals surface area contributed by atoms with Gasteiger partial charge in [0.1, 0.15) is 16.9 Å². The number of alkyl halides is 6. The zero-order valence-corrected chi connectivity index (χ0v) is 51.0. The van der Waals surface area contributed by atoms with Crippen LogP contribution in [-0.4, -0.2) is 16.8 Å². The summed E-state index contributed by atoms with van der Waals surface area (Å²) in [6.45, 7) is 25.6. The number of halogens is 6. The minimum Gasteiger partial charge on any atom is -0.455 e. The van der Waals surface area contributed by atoms with Gasteiger partial charge in [0.15, 0.2) is 6.29 Å². The van der Waals surface area contributed by atoms with Crippen LogP contribution in [0.25, 0.3) is 93.7 Å². The van der Waals surface area contributed by atoms with E-state index in [4.69, 9.17) is 9.15 Å². The Hall–Kier alpha value is -9.10. The molecule has 0 fully saturated rings. The molecule has 7 nitrogen and oxygen atoms in total. The molecule has 0 saturated heterocycles. The van der Waals surface area contributed by atoms with Crippen LogP contribution in [0.1, 0.15) is 132 Å². The molecule has 9 aromatic carbocycles. The molecule has 0 aliphatic rings. The molecular weight excluding hydrogens is 1120 g/mol. The van der Waals surface area contributed by atoms with Gasteiger partial charge in [-0.05, 0) is 155 Å². The summed E-state index contributed by atoms with van der Waals surface area (Å²) in [5.74, 6) is -0.437. The second-order valence-electron chi connectivity index (χ2n) is 27.1. The van der Waals surface area contributed by atoms with E-state index in [0.29, 0.717) is 49.7 Å². The van der Waals surface area contributed by atoms with Crippen molar-refractivity contribution < 1.29 is 45.1 Å². The normalized spacial score (nSPS) is 12.9. The maximum absolute atomic E-state index is 15.2. The highest BCUT2D eigenvalue weighted by atomic mass is 19.4. The molecule has 2 heterocycles. The van der Waals surface area contributed by atoms with E-state index in [1.54, 1.807) is 54.6 Å². The SMILES string of the molecule is CC(C)(C)c1cc(-c2cc(OC(=O)Cc3ccc(-n4c(=O)c5cc(-c6ccc(C(F)(F)F)cc6)c6oc7ccccc7c7c(-c8ccc(C(F)(F)F)cc8)cc(c4=O)c5c67)cc3)cc(-c3cc(C(C)(C)C)cc(C(C)(C)C)c3)c2C=O)cc(C(C)(C)C)c1. The molecule has 0 saturated carbocycles. The number of para-hydroxylation sites is 1. The fourth-order valence-corrected chi connectivity index (χ4v) is 11.6. The summed E-state index contributed by atoms with van der Waals surface area (Å²) in [7, 11) is 0. The first-order valence-electron chi connectivity index (χ1n) is 29.0. The Balaban J connectivity index is 1.04. The average molecular weight is 1190 g/mol. The largest absolute Gasteiger partial charge is 0.455 e. The van der Waals surface area contributed by atoms with E-state index in [1.165, 1.54) is 42.5 Å². The third kappa shape index (κ3) is 11.3. The number of aromatic nitrogens is 1. The lowest BCUT2D eigenvalue weighted by Crippen LogP contribution is -2.32. The molecule has 0 bridgehead atoms. The number of rotatable bonds is 9. The van der Waals surface area contributed by atoms with Crippen molar-refractivity contribution in [3.63, 3.8) is 0 Å². The average Bonchev–Trinajstić information content (AvgIpc) is 0.712. The number of benzene rings is 9. The summed E-state index contributed by atoms with van der Waals surface area (Å²) >= 11 is 0. The van der Waals surface area contributed by atoms with Crippen LogP contribution in [0.4, 0.5) is 26.3 Å². The van der Waals surface area contributed by atoms with E-state index in [0.717, 1.165) is 68.5 Å². The summed E-state index contributed by atoms with van der Waals surface area (Å²) in [5, 5.41) is 1.43. The third-order valence-electron chi connectivity index (χ3n) is 16.6. The maximum atomic E-state index is 15.2. The highest BCUT2D eigenvalue weighted by molar-refractivity contribution is 6.32. The molecule has 0 N–H and O–H groups in total. The van der Waals surface area contributed by atoms with Crippen LogP contribution >= 0.6 is 0 Å². The number of carbonyl (C=O) groups excluding carboxylic acids is 2. The van der Waals surface area contributed by atoms with Gasteiger partial charge in [0.05, 0.1) is 23.2 Å². The van der Waals surface area contributed by atoms with Gasteiger partial charge in [-0.3, -0.25) is 19.2 Å². The Kier molecular flexibility index (Phi) is 14.7. The monoisotopic (exact) mass is 1190 g/mol. The van der Waals surface area contributed by atoms with Gasteiger partial charge in [0, 0.05) is 43.4 Å². The van der Waals surface area contributed by atoms with Crippen molar-refractivity contribution in [2.45, 2.75) is 124 Å². The highest BCUT2D eigenvalue weighted by Gasteiger charge is 2.33. The lowest BCUT2D eigenvalue weighted by atomic mass is 9.77. The number of fused-ring (bicyclic) bond motifs is 2. The summed E-state index contributed by atoms with van der Waals surface area (Å²) < 4.78 is 97.6. The predicted octanol–water partition coefficient (Wildman–Crippen LogP) is 19.7. The van der Waals surface area contributed by atoms with Gasteiger partial charge in [-0.15, -0.1) is 0 Å². The fraction of sp³-hybridized carbons (Fsp3) is 0.253. The lowest BCUT2D eigenvalue weighted by molar-refractivity contribution is -0.138. The molecule has 2 aromatic heterocycles. The van der Waals surface area contributed by atoms with E-state index in [2.05, 4.69) is 119 Å². The van der Waals surface area contributed by atoms with E-state index >= 15 is 9.59 Å². The number of nitrogens with zero attached hydrogens (tertiary/aromatic N) is 1. The molecule has 0 aliphatic carbocycles. The van der Waals surface area contributed by atoms with E-state index in [1.807, 2.05) is 0 Å². The Morgan fingerprint density at radius 1 is 0.455 bits per heavy atom. The van der Waals surface area contributed by atoms with Gasteiger partial charge >= 0.3 is 18.3 Å². The number of hydrogen-bond donors (Lipinski definition) is 0. The van der Waals surface area contributed by atoms with Crippen molar-refractivity contribution in [2.75, 3.05) is 0 Å². The molecule has 11 rings (SSSR count). The minimum absolute atomic E-state index is 0.0120. The van der Waals surface area contributed by atoms with E-state index in [9.17, 15) is 35.9 Å². The van der Waals surface area contributed by atoms with Crippen molar-refractivity contribution in [3.8, 4) is 55.9 Å². The maximum Gasteiger partial charge on any atom is 0.416 e. The zero-order chi connectivity index (χ0) is 63.5. The van der Waals surface area contributed by atoms with Crippen molar-refractivity contribution in [3.05, 3.63) is 223 Å². The van der Waals surface area contributed by atoms with Gasteiger partial charge in [-0.2, -0.15) is 26.3 Å². The number of ether oxygens (including phenoxy) is 1. The van der Waals surface area contributed by atoms with Crippen molar-refractivity contribution in [2.24, 2.45) is 0 Å². The Labute approximate surface area is 505 Å². The molecule has 0 amide bonds. The quantitative estimate of drug-likeness (QED) is 0.0357. The summed E-state index contributed by atoms with van der Waals surface area (Å²) in [6, 6.07) is 41.2. The molecule has 0 radical (unpaired) electrons. The number of esters is 1. The van der Waals surface area contributed by atoms with Crippen LogP contribution in [0.5, 0.6) is 5.75 Å². The predicted molar refractivity (Wildman–Crippen MR) is 340 cm³/mol. The van der Waals surface area contributed by atoms with Crippen LogP contribution in [0.2, 0.25) is 0 Å². The topological polar surface area (TPSA) is 95.6 Å². The van der Waals surface area contributed by atoms with Crippen LogP contribution in [0, 0.1) is 0 Å². The molecule has 11 aromatic rings. The number of carbonyl (C=O) groups is 2. The standard InChI is InChI=1S/C75H65F6NO6/c1-70(2,3)48-30-44(31-49(34-48)71(4,5)6)55-36-53(37-56(61(55)40-83)45-32-50(72(7,8)9)35-51(33-45)73(10,11)12)87-63(84)29-41-17-27-52(28-18-41)82-68(85)59-38-57(42-19-23-46(24-20-42)74(76,77)78)64-54-15-13-14-16-62(54)88-67-58(39-60(69(82)86)65(59)66(64)67)43-21-25-47(26-22-43)75(79,80)81/h13-28,30-40H,29H2,1-12H3. The van der Waals surface area contributed by atoms with E-state index < -0.39 is 40.6 Å². The van der Waals surface area contributed by atoms with Gasteiger partial charge in [-0.1, -0.05) is 174 Å². The van der Waals surface area contributed by atoms with Crippen molar-refractivity contribution in [1.29, 1.82) is 0 Å². The van der Waals surface area contributed by atoms with Gasteiger partial charge < -0.3 is 9.15 Å². The van der Waals surface area contributed by atoms with Crippen LogP contribution in [0.15, 0.2) is 172 Å². The molecule has 0 spiro atoms. The first kappa shape index (κ1) is 60.6. The lowest BCUT2D eigenvalue weighted by Gasteiger charge is -2.28. The smallest absolute Gasteiger partial charge is 0.416 e. The second kappa shape index (κ2) is 21.3. The minimum atomic E-state index is -4.66. The Morgan fingerprint density at radius 2 is 0.886 bits per heavy atom. The molecule has 0 unspecified atom stereocenters. The van der Waals surface area contributed by atoms with Crippen molar-refractivity contribution in [1.82, 2.24) is 4.57 Å². The summed E-state index contributed by atoms with van der Waals surface area (Å²) in [6.07, 6.45) is -8.70.